The lowest BCUT2D eigenvalue weighted by atomic mass is 10.1. The lowest BCUT2D eigenvalue weighted by molar-refractivity contribution is 0.415. The number of unbranched alkanes of at least 4 members (excludes halogenated alkanes) is 1. The molecule has 118 valence electrons. The van der Waals surface area contributed by atoms with Crippen molar-refractivity contribution >= 4 is 16.6 Å². The van der Waals surface area contributed by atoms with Gasteiger partial charge in [0.05, 0.1) is 18.3 Å². The van der Waals surface area contributed by atoms with E-state index in [9.17, 15) is 0 Å². The average molecular weight is 306 g/mol. The molecule has 3 rings (SSSR count). The van der Waals surface area contributed by atoms with Gasteiger partial charge in [-0.2, -0.15) is 0 Å². The number of benzene rings is 2. The smallest absolute Gasteiger partial charge is 0.118 e. The SMILES string of the molecule is CCCCNc1cc(-c2ccc(OC)cc2)nc2ccccc12. The summed E-state index contributed by atoms with van der Waals surface area (Å²) in [5.74, 6) is 0.857. The molecule has 1 aromatic heterocycles. The Kier molecular flexibility index (Phi) is 4.77. The Morgan fingerprint density at radius 3 is 2.57 bits per heavy atom. The zero-order valence-electron chi connectivity index (χ0n) is 13.7. The molecular formula is C20H22N2O. The maximum absolute atomic E-state index is 5.23. The zero-order valence-corrected chi connectivity index (χ0v) is 13.7. The van der Waals surface area contributed by atoms with Gasteiger partial charge in [0.15, 0.2) is 0 Å². The van der Waals surface area contributed by atoms with E-state index in [0.717, 1.165) is 41.2 Å². The van der Waals surface area contributed by atoms with Gasteiger partial charge in [-0.05, 0) is 42.8 Å². The van der Waals surface area contributed by atoms with Crippen molar-refractivity contribution in [1.82, 2.24) is 4.98 Å². The van der Waals surface area contributed by atoms with Crippen LogP contribution in [-0.4, -0.2) is 18.6 Å². The standard InChI is InChI=1S/C20H22N2O/c1-3-4-13-21-20-14-19(15-9-11-16(23-2)12-10-15)22-18-8-6-5-7-17(18)20/h5-12,14H,3-4,13H2,1-2H3,(H,21,22). The molecule has 0 bridgehead atoms. The van der Waals surface area contributed by atoms with Gasteiger partial charge in [0.1, 0.15) is 5.75 Å². The van der Waals surface area contributed by atoms with Crippen LogP contribution in [-0.2, 0) is 0 Å². The van der Waals surface area contributed by atoms with E-state index in [1.807, 2.05) is 30.3 Å². The van der Waals surface area contributed by atoms with Crippen LogP contribution in [0.3, 0.4) is 0 Å². The van der Waals surface area contributed by atoms with Crippen molar-refractivity contribution in [2.45, 2.75) is 19.8 Å². The summed E-state index contributed by atoms with van der Waals surface area (Å²) in [5, 5.41) is 4.72. The molecule has 0 aliphatic heterocycles. The number of rotatable bonds is 6. The number of nitrogens with zero attached hydrogens (tertiary/aromatic N) is 1. The van der Waals surface area contributed by atoms with E-state index in [2.05, 4.69) is 36.5 Å². The number of hydrogen-bond donors (Lipinski definition) is 1. The summed E-state index contributed by atoms with van der Waals surface area (Å²) in [6, 6.07) is 18.4. The number of hydrogen-bond acceptors (Lipinski definition) is 3. The summed E-state index contributed by atoms with van der Waals surface area (Å²) < 4.78 is 5.23. The van der Waals surface area contributed by atoms with E-state index in [1.165, 1.54) is 11.8 Å². The van der Waals surface area contributed by atoms with Crippen LogP contribution in [0.1, 0.15) is 19.8 Å². The summed E-state index contributed by atoms with van der Waals surface area (Å²) in [5.41, 5.74) is 4.23. The van der Waals surface area contributed by atoms with Gasteiger partial charge in [-0.3, -0.25) is 0 Å². The van der Waals surface area contributed by atoms with Crippen molar-refractivity contribution in [3.63, 3.8) is 0 Å². The van der Waals surface area contributed by atoms with Crippen molar-refractivity contribution in [1.29, 1.82) is 0 Å². The molecule has 3 nitrogen and oxygen atoms in total. The fourth-order valence-corrected chi connectivity index (χ4v) is 2.63. The number of fused-ring (bicyclic) bond motifs is 1. The van der Waals surface area contributed by atoms with Gasteiger partial charge in [0, 0.05) is 23.2 Å². The zero-order chi connectivity index (χ0) is 16.1. The first-order valence-electron chi connectivity index (χ1n) is 8.10. The highest BCUT2D eigenvalue weighted by molar-refractivity contribution is 5.93. The maximum atomic E-state index is 5.23. The number of aromatic nitrogens is 1. The van der Waals surface area contributed by atoms with E-state index >= 15 is 0 Å². The van der Waals surface area contributed by atoms with Crippen LogP contribution in [0.2, 0.25) is 0 Å². The van der Waals surface area contributed by atoms with E-state index in [4.69, 9.17) is 9.72 Å². The van der Waals surface area contributed by atoms with E-state index in [-0.39, 0.29) is 0 Å². The molecule has 0 aliphatic rings. The minimum atomic E-state index is 0.857. The molecule has 3 aromatic rings. The summed E-state index contributed by atoms with van der Waals surface area (Å²) in [6.45, 7) is 3.18. The molecular weight excluding hydrogens is 284 g/mol. The van der Waals surface area contributed by atoms with Crippen LogP contribution < -0.4 is 10.1 Å². The minimum absolute atomic E-state index is 0.857. The third-order valence-corrected chi connectivity index (χ3v) is 3.95. The molecule has 0 amide bonds. The quantitative estimate of drug-likeness (QED) is 0.642. The van der Waals surface area contributed by atoms with Crippen molar-refractivity contribution < 1.29 is 4.74 Å². The largest absolute Gasteiger partial charge is 0.497 e. The maximum Gasteiger partial charge on any atom is 0.118 e. The van der Waals surface area contributed by atoms with Gasteiger partial charge < -0.3 is 10.1 Å². The molecule has 0 spiro atoms. The van der Waals surface area contributed by atoms with Crippen LogP contribution in [0, 0.1) is 0 Å². The average Bonchev–Trinajstić information content (AvgIpc) is 2.62. The second-order valence-corrected chi connectivity index (χ2v) is 5.58. The first kappa shape index (κ1) is 15.3. The van der Waals surface area contributed by atoms with Crippen molar-refractivity contribution in [2.75, 3.05) is 19.0 Å². The molecule has 0 fully saturated rings. The minimum Gasteiger partial charge on any atom is -0.497 e. The Balaban J connectivity index is 2.02. The number of anilines is 1. The molecule has 0 atom stereocenters. The van der Waals surface area contributed by atoms with Crippen molar-refractivity contribution in [3.8, 4) is 17.0 Å². The summed E-state index contributed by atoms with van der Waals surface area (Å²) in [4.78, 5) is 4.81. The Morgan fingerprint density at radius 1 is 1.04 bits per heavy atom. The fraction of sp³-hybridized carbons (Fsp3) is 0.250. The highest BCUT2D eigenvalue weighted by atomic mass is 16.5. The van der Waals surface area contributed by atoms with Crippen molar-refractivity contribution in [3.05, 3.63) is 54.6 Å². The second kappa shape index (κ2) is 7.14. The number of methoxy groups -OCH3 is 1. The third-order valence-electron chi connectivity index (χ3n) is 3.95. The molecule has 0 saturated heterocycles. The lowest BCUT2D eigenvalue weighted by Crippen LogP contribution is -2.02. The van der Waals surface area contributed by atoms with E-state index < -0.39 is 0 Å². The van der Waals surface area contributed by atoms with E-state index in [1.54, 1.807) is 7.11 Å². The van der Waals surface area contributed by atoms with Crippen LogP contribution in [0.4, 0.5) is 5.69 Å². The molecule has 3 heteroatoms. The molecule has 23 heavy (non-hydrogen) atoms. The normalized spacial score (nSPS) is 10.7. The van der Waals surface area contributed by atoms with Crippen LogP contribution in [0.5, 0.6) is 5.75 Å². The highest BCUT2D eigenvalue weighted by Crippen LogP contribution is 2.29. The summed E-state index contributed by atoms with van der Waals surface area (Å²) in [6.07, 6.45) is 2.34. The number of para-hydroxylation sites is 1. The summed E-state index contributed by atoms with van der Waals surface area (Å²) in [7, 11) is 1.68. The topological polar surface area (TPSA) is 34.1 Å². The molecule has 0 aliphatic carbocycles. The predicted octanol–water partition coefficient (Wildman–Crippen LogP) is 5.12. The fourth-order valence-electron chi connectivity index (χ4n) is 2.63. The van der Waals surface area contributed by atoms with Gasteiger partial charge in [-0.1, -0.05) is 31.5 Å². The van der Waals surface area contributed by atoms with Gasteiger partial charge in [-0.15, -0.1) is 0 Å². The number of nitrogens with one attached hydrogen (secondary N) is 1. The second-order valence-electron chi connectivity index (χ2n) is 5.58. The summed E-state index contributed by atoms with van der Waals surface area (Å²) >= 11 is 0. The monoisotopic (exact) mass is 306 g/mol. The Hall–Kier alpha value is -2.55. The Bertz CT molecular complexity index is 781. The molecule has 1 N–H and O–H groups in total. The molecule has 0 saturated carbocycles. The van der Waals surface area contributed by atoms with Crippen LogP contribution in [0.15, 0.2) is 54.6 Å². The lowest BCUT2D eigenvalue weighted by Gasteiger charge is -2.12. The molecule has 0 unspecified atom stereocenters. The highest BCUT2D eigenvalue weighted by Gasteiger charge is 2.07. The number of ether oxygens (including phenoxy) is 1. The Morgan fingerprint density at radius 2 is 1.83 bits per heavy atom. The molecule has 2 aromatic carbocycles. The number of pyridine rings is 1. The van der Waals surface area contributed by atoms with Crippen LogP contribution >= 0.6 is 0 Å². The van der Waals surface area contributed by atoms with Crippen LogP contribution in [0.25, 0.3) is 22.2 Å². The molecule has 1 heterocycles. The van der Waals surface area contributed by atoms with Gasteiger partial charge in [0.25, 0.3) is 0 Å². The Labute approximate surface area is 137 Å². The predicted molar refractivity (Wildman–Crippen MR) is 97.1 cm³/mol. The third kappa shape index (κ3) is 3.45. The van der Waals surface area contributed by atoms with E-state index in [0.29, 0.717) is 0 Å². The van der Waals surface area contributed by atoms with Gasteiger partial charge in [-0.25, -0.2) is 4.98 Å². The first-order chi connectivity index (χ1) is 11.3. The van der Waals surface area contributed by atoms with Gasteiger partial charge >= 0.3 is 0 Å². The van der Waals surface area contributed by atoms with Gasteiger partial charge in [0.2, 0.25) is 0 Å². The molecule has 0 radical (unpaired) electrons. The first-order valence-corrected chi connectivity index (χ1v) is 8.10. The van der Waals surface area contributed by atoms with Crippen molar-refractivity contribution in [2.24, 2.45) is 0 Å².